The van der Waals surface area contributed by atoms with Gasteiger partial charge >= 0.3 is 6.18 Å². The molecule has 1 atom stereocenters. The number of halogens is 4. The quantitative estimate of drug-likeness (QED) is 0.297. The molecule has 6 nitrogen and oxygen atoms in total. The molecule has 2 rings (SSSR count). The summed E-state index contributed by atoms with van der Waals surface area (Å²) in [4.78, 5) is 6.41. The minimum absolute atomic E-state index is 0. The lowest BCUT2D eigenvalue weighted by molar-refractivity contribution is -0.173. The Morgan fingerprint density at radius 3 is 2.84 bits per heavy atom. The Kier molecular flexibility index (Phi) is 8.97. The molecule has 1 saturated heterocycles. The van der Waals surface area contributed by atoms with Gasteiger partial charge in [0, 0.05) is 52.5 Å². The molecule has 25 heavy (non-hydrogen) atoms. The molecule has 1 aliphatic heterocycles. The van der Waals surface area contributed by atoms with E-state index in [1.54, 1.807) is 11.7 Å². The second-order valence-corrected chi connectivity index (χ2v) is 5.87. The zero-order valence-corrected chi connectivity index (χ0v) is 16.8. The molecule has 1 fully saturated rings. The molecule has 144 valence electrons. The molecule has 0 aromatic carbocycles. The van der Waals surface area contributed by atoms with Crippen molar-refractivity contribution in [2.75, 3.05) is 39.9 Å². The number of aromatic nitrogens is 2. The Morgan fingerprint density at radius 2 is 2.24 bits per heavy atom. The van der Waals surface area contributed by atoms with Gasteiger partial charge in [0.05, 0.1) is 6.20 Å². The van der Waals surface area contributed by atoms with E-state index in [1.807, 2.05) is 19.4 Å². The number of likely N-dealkylation sites (tertiary alicyclic amines) is 1. The van der Waals surface area contributed by atoms with E-state index in [9.17, 15) is 13.2 Å². The summed E-state index contributed by atoms with van der Waals surface area (Å²) in [6.07, 6.45) is 1.18. The van der Waals surface area contributed by atoms with Gasteiger partial charge in [-0.15, -0.1) is 24.0 Å². The Labute approximate surface area is 162 Å². The molecule has 0 saturated carbocycles. The molecule has 10 heteroatoms. The van der Waals surface area contributed by atoms with Crippen molar-refractivity contribution in [1.82, 2.24) is 20.0 Å². The number of nitrogens with zero attached hydrogens (tertiary/aromatic N) is 4. The Balaban J connectivity index is 0.00000312. The van der Waals surface area contributed by atoms with Crippen molar-refractivity contribution >= 4 is 29.9 Å². The normalized spacial score (nSPS) is 18.4. The lowest BCUT2D eigenvalue weighted by atomic mass is 10.0. The molecule has 1 aromatic heterocycles. The number of ether oxygens (including phenoxy) is 1. The SMILES string of the molecule is CN=C(NCCCOCC(F)(F)F)N1CCC(c2cnn(C)c2)C1.I. The van der Waals surface area contributed by atoms with Crippen molar-refractivity contribution in [2.24, 2.45) is 12.0 Å². The maximum Gasteiger partial charge on any atom is 0.411 e. The molecule has 0 amide bonds. The van der Waals surface area contributed by atoms with Crippen LogP contribution in [0.3, 0.4) is 0 Å². The smallest absolute Gasteiger partial charge is 0.372 e. The number of nitrogens with one attached hydrogen (secondary N) is 1. The third-order valence-corrected chi connectivity index (χ3v) is 3.91. The Morgan fingerprint density at radius 1 is 1.48 bits per heavy atom. The highest BCUT2D eigenvalue weighted by atomic mass is 127. The van der Waals surface area contributed by atoms with Gasteiger partial charge in [-0.2, -0.15) is 18.3 Å². The van der Waals surface area contributed by atoms with Crippen LogP contribution in [0, 0.1) is 0 Å². The van der Waals surface area contributed by atoms with Crippen molar-refractivity contribution in [1.29, 1.82) is 0 Å². The molecule has 1 aliphatic rings. The predicted molar refractivity (Wildman–Crippen MR) is 100 cm³/mol. The van der Waals surface area contributed by atoms with E-state index in [0.29, 0.717) is 18.9 Å². The number of guanidine groups is 1. The lowest BCUT2D eigenvalue weighted by Crippen LogP contribution is -2.40. The van der Waals surface area contributed by atoms with Crippen molar-refractivity contribution in [3.05, 3.63) is 18.0 Å². The average Bonchev–Trinajstić information content (AvgIpc) is 3.14. The van der Waals surface area contributed by atoms with Crippen LogP contribution in [0.2, 0.25) is 0 Å². The summed E-state index contributed by atoms with van der Waals surface area (Å²) in [5, 5.41) is 7.38. The first-order valence-corrected chi connectivity index (χ1v) is 7.97. The van der Waals surface area contributed by atoms with Crippen LogP contribution >= 0.6 is 24.0 Å². The first-order valence-electron chi connectivity index (χ1n) is 7.97. The van der Waals surface area contributed by atoms with E-state index < -0.39 is 12.8 Å². The fraction of sp³-hybridized carbons (Fsp3) is 0.733. The van der Waals surface area contributed by atoms with Crippen molar-refractivity contribution in [2.45, 2.75) is 24.9 Å². The zero-order valence-electron chi connectivity index (χ0n) is 14.4. The van der Waals surface area contributed by atoms with Gasteiger partial charge < -0.3 is 15.0 Å². The lowest BCUT2D eigenvalue weighted by Gasteiger charge is -2.21. The highest BCUT2D eigenvalue weighted by molar-refractivity contribution is 14.0. The molecule has 1 N–H and O–H groups in total. The van der Waals surface area contributed by atoms with Gasteiger partial charge in [-0.05, 0) is 18.4 Å². The standard InChI is InChI=1S/C15H24F3N5O.HI/c1-19-14(20-5-3-7-24-11-15(16,17)18)23-6-4-12(10-23)13-8-21-22(2)9-13;/h8-9,12H,3-7,10-11H2,1-2H3,(H,19,20);1H. The van der Waals surface area contributed by atoms with Crippen LogP contribution in [-0.4, -0.2) is 66.7 Å². The number of hydrogen-bond acceptors (Lipinski definition) is 3. The number of aryl methyl sites for hydroxylation is 1. The summed E-state index contributed by atoms with van der Waals surface area (Å²) < 4.78 is 42.3. The molecule has 0 spiro atoms. The minimum atomic E-state index is -4.26. The van der Waals surface area contributed by atoms with E-state index in [2.05, 4.69) is 25.0 Å². The fourth-order valence-electron chi connectivity index (χ4n) is 2.77. The molecule has 1 unspecified atom stereocenters. The summed E-state index contributed by atoms with van der Waals surface area (Å²) in [7, 11) is 3.61. The van der Waals surface area contributed by atoms with E-state index in [-0.39, 0.29) is 30.6 Å². The molecule has 0 bridgehead atoms. The Hall–Kier alpha value is -1.04. The van der Waals surface area contributed by atoms with Crippen LogP contribution in [0.5, 0.6) is 0 Å². The van der Waals surface area contributed by atoms with Crippen LogP contribution in [0.4, 0.5) is 13.2 Å². The first-order chi connectivity index (χ1) is 11.4. The van der Waals surface area contributed by atoms with Crippen molar-refractivity contribution in [3.63, 3.8) is 0 Å². The molecular formula is C15H25F3IN5O. The summed E-state index contributed by atoms with van der Waals surface area (Å²) in [5.74, 6) is 1.20. The molecule has 1 aromatic rings. The molecule has 0 aliphatic carbocycles. The van der Waals surface area contributed by atoms with Crippen LogP contribution in [0.1, 0.15) is 24.3 Å². The highest BCUT2D eigenvalue weighted by Gasteiger charge is 2.28. The zero-order chi connectivity index (χ0) is 17.6. The van der Waals surface area contributed by atoms with Crippen molar-refractivity contribution in [3.8, 4) is 0 Å². The maximum atomic E-state index is 12.0. The van der Waals surface area contributed by atoms with Crippen LogP contribution in [0.15, 0.2) is 17.4 Å². The van der Waals surface area contributed by atoms with Crippen LogP contribution in [-0.2, 0) is 11.8 Å². The number of aliphatic imine (C=N–C) groups is 1. The van der Waals surface area contributed by atoms with Crippen LogP contribution < -0.4 is 5.32 Å². The summed E-state index contributed by atoms with van der Waals surface area (Å²) >= 11 is 0. The summed E-state index contributed by atoms with van der Waals surface area (Å²) in [5.41, 5.74) is 1.22. The highest BCUT2D eigenvalue weighted by Crippen LogP contribution is 2.26. The first kappa shape index (κ1) is 22.0. The van der Waals surface area contributed by atoms with Gasteiger partial charge in [-0.1, -0.05) is 0 Å². The number of rotatable bonds is 6. The summed E-state index contributed by atoms with van der Waals surface area (Å²) in [6, 6.07) is 0. The average molecular weight is 475 g/mol. The largest absolute Gasteiger partial charge is 0.411 e. The number of alkyl halides is 3. The van der Waals surface area contributed by atoms with Gasteiger partial charge in [-0.3, -0.25) is 9.67 Å². The minimum Gasteiger partial charge on any atom is -0.372 e. The predicted octanol–water partition coefficient (Wildman–Crippen LogP) is 2.37. The fourth-order valence-corrected chi connectivity index (χ4v) is 2.77. The second-order valence-electron chi connectivity index (χ2n) is 5.87. The van der Waals surface area contributed by atoms with E-state index in [0.717, 1.165) is 25.5 Å². The van der Waals surface area contributed by atoms with E-state index in [1.165, 1.54) is 5.56 Å². The van der Waals surface area contributed by atoms with Crippen LogP contribution in [0.25, 0.3) is 0 Å². The van der Waals surface area contributed by atoms with Gasteiger partial charge in [0.15, 0.2) is 5.96 Å². The van der Waals surface area contributed by atoms with Gasteiger partial charge in [-0.25, -0.2) is 0 Å². The third-order valence-electron chi connectivity index (χ3n) is 3.91. The molecular weight excluding hydrogens is 450 g/mol. The van der Waals surface area contributed by atoms with Gasteiger partial charge in [0.1, 0.15) is 6.61 Å². The molecule has 2 heterocycles. The molecule has 0 radical (unpaired) electrons. The monoisotopic (exact) mass is 475 g/mol. The summed E-state index contributed by atoms with van der Waals surface area (Å²) in [6.45, 7) is 1.15. The second kappa shape index (κ2) is 10.2. The maximum absolute atomic E-state index is 12.0. The van der Waals surface area contributed by atoms with E-state index >= 15 is 0 Å². The van der Waals surface area contributed by atoms with Crippen molar-refractivity contribution < 1.29 is 17.9 Å². The van der Waals surface area contributed by atoms with Gasteiger partial charge in [0.25, 0.3) is 0 Å². The number of hydrogen-bond donors (Lipinski definition) is 1. The topological polar surface area (TPSA) is 54.7 Å². The Bertz CT molecular complexity index is 550. The van der Waals surface area contributed by atoms with Gasteiger partial charge in [0.2, 0.25) is 0 Å². The third kappa shape index (κ3) is 7.38. The van der Waals surface area contributed by atoms with E-state index in [4.69, 9.17) is 0 Å².